The van der Waals surface area contributed by atoms with Gasteiger partial charge < -0.3 is 20.5 Å². The quantitative estimate of drug-likeness (QED) is 0.411. The lowest BCUT2D eigenvalue weighted by Gasteiger charge is -2.38. The Hall–Kier alpha value is -0.850. The summed E-state index contributed by atoms with van der Waals surface area (Å²) in [5.41, 5.74) is 0. The van der Waals surface area contributed by atoms with Crippen molar-refractivity contribution in [2.24, 2.45) is 16.8 Å². The fraction of sp³-hybridized carbons (Fsp3) is 0.947. The number of nitrogens with zero attached hydrogens (tertiary/aromatic N) is 2. The minimum absolute atomic E-state index is 0.239. The predicted octanol–water partition coefficient (Wildman–Crippen LogP) is 1.70. The van der Waals surface area contributed by atoms with Crippen LogP contribution < -0.4 is 10.6 Å². The van der Waals surface area contributed by atoms with Crippen LogP contribution in [-0.4, -0.2) is 74.0 Å². The second-order valence-corrected chi connectivity index (χ2v) is 7.62. The van der Waals surface area contributed by atoms with Gasteiger partial charge in [-0.3, -0.25) is 9.89 Å². The van der Waals surface area contributed by atoms with Crippen LogP contribution in [0.15, 0.2) is 4.99 Å². The van der Waals surface area contributed by atoms with Crippen LogP contribution in [0.3, 0.4) is 0 Å². The van der Waals surface area contributed by atoms with E-state index in [-0.39, 0.29) is 6.61 Å². The number of ether oxygens (including phenoxy) is 1. The number of hydrogen-bond donors (Lipinski definition) is 3. The Morgan fingerprint density at radius 1 is 1.32 bits per heavy atom. The zero-order valence-corrected chi connectivity index (χ0v) is 16.9. The Bertz CT molecular complexity index is 376. The average Bonchev–Trinajstić information content (AvgIpc) is 2.57. The van der Waals surface area contributed by atoms with Crippen LogP contribution in [0.5, 0.6) is 0 Å². The Labute approximate surface area is 154 Å². The molecule has 148 valence electrons. The van der Waals surface area contributed by atoms with Crippen molar-refractivity contribution >= 4 is 5.96 Å². The molecule has 0 radical (unpaired) electrons. The fourth-order valence-electron chi connectivity index (χ4n) is 3.45. The van der Waals surface area contributed by atoms with E-state index in [0.717, 1.165) is 58.2 Å². The second kappa shape index (κ2) is 12.5. The van der Waals surface area contributed by atoms with Crippen molar-refractivity contribution in [3.63, 3.8) is 0 Å². The van der Waals surface area contributed by atoms with Crippen LogP contribution in [-0.2, 0) is 4.74 Å². The number of aliphatic hydroxyl groups excluding tert-OH is 1. The molecule has 1 fully saturated rings. The topological polar surface area (TPSA) is 69.1 Å². The van der Waals surface area contributed by atoms with Crippen molar-refractivity contribution in [2.75, 3.05) is 46.0 Å². The summed E-state index contributed by atoms with van der Waals surface area (Å²) in [4.78, 5) is 7.26. The van der Waals surface area contributed by atoms with E-state index in [9.17, 15) is 5.11 Å². The van der Waals surface area contributed by atoms with Gasteiger partial charge in [-0.15, -0.1) is 0 Å². The first-order valence-corrected chi connectivity index (χ1v) is 9.94. The third-order valence-corrected chi connectivity index (χ3v) is 4.74. The largest absolute Gasteiger partial charge is 0.396 e. The zero-order valence-electron chi connectivity index (χ0n) is 16.9. The molecule has 1 saturated heterocycles. The van der Waals surface area contributed by atoms with E-state index in [1.807, 2.05) is 0 Å². The van der Waals surface area contributed by atoms with Gasteiger partial charge in [0.05, 0.1) is 13.2 Å². The molecule has 0 aromatic carbocycles. The monoisotopic (exact) mass is 356 g/mol. The molecule has 0 aromatic heterocycles. The van der Waals surface area contributed by atoms with Gasteiger partial charge in [-0.2, -0.15) is 0 Å². The molecule has 0 saturated carbocycles. The third-order valence-electron chi connectivity index (χ3n) is 4.74. The lowest BCUT2D eigenvalue weighted by atomic mass is 9.94. The number of aliphatic hydroxyl groups is 1. The highest BCUT2D eigenvalue weighted by Gasteiger charge is 2.23. The number of nitrogens with one attached hydrogen (secondary N) is 2. The first-order chi connectivity index (χ1) is 12.0. The molecule has 3 N–H and O–H groups in total. The van der Waals surface area contributed by atoms with Crippen LogP contribution in [0.1, 0.15) is 47.5 Å². The molecule has 0 amide bonds. The van der Waals surface area contributed by atoms with Gasteiger partial charge in [-0.25, -0.2) is 0 Å². The number of guanidine groups is 1. The van der Waals surface area contributed by atoms with Crippen LogP contribution in [0.25, 0.3) is 0 Å². The van der Waals surface area contributed by atoms with E-state index in [1.54, 1.807) is 0 Å². The summed E-state index contributed by atoms with van der Waals surface area (Å²) in [7, 11) is 0. The highest BCUT2D eigenvalue weighted by molar-refractivity contribution is 5.79. The highest BCUT2D eigenvalue weighted by atomic mass is 16.5. The average molecular weight is 357 g/mol. The van der Waals surface area contributed by atoms with Gasteiger partial charge in [0.15, 0.2) is 5.96 Å². The predicted molar refractivity (Wildman–Crippen MR) is 105 cm³/mol. The standard InChI is InChI=1S/C19H40N4O2/c1-6-20-19(22-13-18(7-9-24)11-15(2)3)21-12-16(4)23-8-10-25-14-17(23)5/h15-18,24H,6-14H2,1-5H3,(H2,20,21,22). The molecule has 1 rings (SSSR count). The van der Waals surface area contributed by atoms with Gasteiger partial charge in [-0.1, -0.05) is 13.8 Å². The third kappa shape index (κ3) is 8.88. The number of aliphatic imine (C=N–C) groups is 1. The van der Waals surface area contributed by atoms with Gasteiger partial charge in [-0.05, 0) is 45.4 Å². The number of hydrogen-bond acceptors (Lipinski definition) is 4. The number of morpholine rings is 1. The van der Waals surface area contributed by atoms with Gasteiger partial charge in [0, 0.05) is 44.9 Å². The Morgan fingerprint density at radius 3 is 2.68 bits per heavy atom. The molecule has 3 atom stereocenters. The van der Waals surface area contributed by atoms with E-state index in [0.29, 0.717) is 23.9 Å². The number of rotatable bonds is 10. The summed E-state index contributed by atoms with van der Waals surface area (Å²) < 4.78 is 5.53. The minimum atomic E-state index is 0.239. The normalized spacial score (nSPS) is 22.0. The van der Waals surface area contributed by atoms with Crippen molar-refractivity contribution in [3.8, 4) is 0 Å². The summed E-state index contributed by atoms with van der Waals surface area (Å²) in [6, 6.07) is 0.900. The lowest BCUT2D eigenvalue weighted by molar-refractivity contribution is -0.0174. The van der Waals surface area contributed by atoms with Crippen LogP contribution >= 0.6 is 0 Å². The van der Waals surface area contributed by atoms with Crippen molar-refractivity contribution < 1.29 is 9.84 Å². The summed E-state index contributed by atoms with van der Waals surface area (Å²) >= 11 is 0. The molecular formula is C19H40N4O2. The maximum absolute atomic E-state index is 9.27. The fourth-order valence-corrected chi connectivity index (χ4v) is 3.45. The van der Waals surface area contributed by atoms with Crippen LogP contribution in [0.2, 0.25) is 0 Å². The molecule has 1 aliphatic rings. The van der Waals surface area contributed by atoms with Crippen molar-refractivity contribution in [3.05, 3.63) is 0 Å². The maximum Gasteiger partial charge on any atom is 0.191 e. The maximum atomic E-state index is 9.27. The molecule has 1 heterocycles. The van der Waals surface area contributed by atoms with Crippen molar-refractivity contribution in [1.82, 2.24) is 15.5 Å². The first kappa shape index (κ1) is 22.2. The van der Waals surface area contributed by atoms with Gasteiger partial charge >= 0.3 is 0 Å². The molecule has 1 aliphatic heterocycles. The molecule has 0 spiro atoms. The Kier molecular flexibility index (Phi) is 11.1. The zero-order chi connectivity index (χ0) is 18.7. The minimum Gasteiger partial charge on any atom is -0.396 e. The molecule has 3 unspecified atom stereocenters. The van der Waals surface area contributed by atoms with Gasteiger partial charge in [0.1, 0.15) is 0 Å². The molecule has 6 nitrogen and oxygen atoms in total. The van der Waals surface area contributed by atoms with Gasteiger partial charge in [0.2, 0.25) is 0 Å². The van der Waals surface area contributed by atoms with Gasteiger partial charge in [0.25, 0.3) is 0 Å². The van der Waals surface area contributed by atoms with Crippen LogP contribution in [0, 0.1) is 11.8 Å². The van der Waals surface area contributed by atoms with Crippen molar-refractivity contribution in [1.29, 1.82) is 0 Å². The Balaban J connectivity index is 2.53. The molecule has 0 aliphatic carbocycles. The second-order valence-electron chi connectivity index (χ2n) is 7.62. The summed E-state index contributed by atoms with van der Waals surface area (Å²) in [6.45, 7) is 16.4. The molecular weight excluding hydrogens is 316 g/mol. The van der Waals surface area contributed by atoms with Crippen molar-refractivity contribution in [2.45, 2.75) is 59.5 Å². The van der Waals surface area contributed by atoms with Crippen LogP contribution in [0.4, 0.5) is 0 Å². The SMILES string of the molecule is CCNC(=NCC(CCO)CC(C)C)NCC(C)N1CCOCC1C. The summed E-state index contributed by atoms with van der Waals surface area (Å²) in [5.74, 6) is 1.95. The smallest absolute Gasteiger partial charge is 0.191 e. The van der Waals surface area contributed by atoms with E-state index < -0.39 is 0 Å². The first-order valence-electron chi connectivity index (χ1n) is 9.94. The molecule has 0 aromatic rings. The van der Waals surface area contributed by atoms with E-state index in [1.165, 1.54) is 0 Å². The highest BCUT2D eigenvalue weighted by Crippen LogP contribution is 2.15. The molecule has 6 heteroatoms. The Morgan fingerprint density at radius 2 is 2.08 bits per heavy atom. The van der Waals surface area contributed by atoms with E-state index in [2.05, 4.69) is 50.2 Å². The summed E-state index contributed by atoms with van der Waals surface area (Å²) in [5, 5.41) is 16.1. The van der Waals surface area contributed by atoms with E-state index in [4.69, 9.17) is 9.73 Å². The summed E-state index contributed by atoms with van der Waals surface area (Å²) in [6.07, 6.45) is 1.92. The molecule has 0 bridgehead atoms. The van der Waals surface area contributed by atoms with E-state index >= 15 is 0 Å². The molecule has 25 heavy (non-hydrogen) atoms. The lowest BCUT2D eigenvalue weighted by Crippen LogP contribution is -2.53.